The topological polar surface area (TPSA) is 177 Å². The third-order valence-electron chi connectivity index (χ3n) is 11.4. The maximum atomic E-state index is 12.0. The number of carboxylic acids is 1. The van der Waals surface area contributed by atoms with E-state index in [2.05, 4.69) is 44.4 Å². The molecule has 7 rings (SSSR count). The van der Waals surface area contributed by atoms with Crippen LogP contribution in [-0.4, -0.2) is 57.2 Å². The maximum Gasteiger partial charge on any atom is 0.311 e. The number of hydrogen-bond donors (Lipinski definition) is 3. The second-order valence-corrected chi connectivity index (χ2v) is 16.8. The predicted octanol–water partition coefficient (Wildman–Crippen LogP) is 8.62. The molecule has 1 saturated carbocycles. The summed E-state index contributed by atoms with van der Waals surface area (Å²) in [6, 6.07) is 21.6. The molecule has 14 heteroatoms. The number of carbonyl (C=O) groups excluding carboxylic acids is 1. The van der Waals surface area contributed by atoms with Gasteiger partial charge in [0.1, 0.15) is 24.6 Å². The van der Waals surface area contributed by atoms with Gasteiger partial charge in [0.2, 0.25) is 17.6 Å². The van der Waals surface area contributed by atoms with Crippen molar-refractivity contribution in [1.29, 1.82) is 5.26 Å². The van der Waals surface area contributed by atoms with Crippen molar-refractivity contribution < 1.29 is 34.0 Å². The minimum atomic E-state index is -1.36. The van der Waals surface area contributed by atoms with Crippen molar-refractivity contribution in [1.82, 2.24) is 20.3 Å². The zero-order valence-electron chi connectivity index (χ0n) is 33.3. The highest BCUT2D eigenvalue weighted by Gasteiger charge is 2.33. The Bertz CT molecular complexity index is 2460. The summed E-state index contributed by atoms with van der Waals surface area (Å²) >= 11 is 10.9. The molecule has 0 unspecified atom stereocenters. The molecule has 2 aromatic carbocycles. The molecule has 0 amide bonds. The number of methoxy groups -OCH3 is 1. The summed E-state index contributed by atoms with van der Waals surface area (Å²) in [7, 11) is 1.61. The summed E-state index contributed by atoms with van der Waals surface area (Å²) in [5.74, 6) is 0.665. The average Bonchev–Trinajstić information content (AvgIpc) is 3.88. The molecule has 0 aliphatic heterocycles. The average molecular weight is 895 g/mol. The lowest BCUT2D eigenvalue weighted by Gasteiger charge is -2.23. The van der Waals surface area contributed by atoms with Gasteiger partial charge in [0.05, 0.1) is 39.9 Å². The fourth-order valence-electron chi connectivity index (χ4n) is 7.79. The minimum Gasteiger partial charge on any atom is -0.481 e. The van der Waals surface area contributed by atoms with Gasteiger partial charge in [0.15, 0.2) is 0 Å². The van der Waals surface area contributed by atoms with Gasteiger partial charge in [-0.05, 0) is 102 Å². The van der Waals surface area contributed by atoms with Crippen molar-refractivity contribution in [2.24, 2.45) is 11.3 Å². The second kappa shape index (κ2) is 18.9. The number of Topliss-reactive ketones (excluding diaryl/α,β-unsaturated/α-hetero) is 1. The smallest absolute Gasteiger partial charge is 0.311 e. The number of carboxylic acid groups (broad SMARTS) is 1. The van der Waals surface area contributed by atoms with Crippen LogP contribution in [0.1, 0.15) is 78.5 Å². The lowest BCUT2D eigenvalue weighted by molar-refractivity contribution is -0.150. The van der Waals surface area contributed by atoms with E-state index in [1.165, 1.54) is 13.1 Å². The lowest BCUT2D eigenvalue weighted by Crippen LogP contribution is -2.32. The summed E-state index contributed by atoms with van der Waals surface area (Å²) < 4.78 is 19.1. The van der Waals surface area contributed by atoms with Crippen LogP contribution in [0, 0.1) is 22.7 Å². The Morgan fingerprint density at radius 1 is 1.02 bits per heavy atom. The number of aliphatic hydroxyl groups is 1. The largest absolute Gasteiger partial charge is 0.481 e. The summed E-state index contributed by atoms with van der Waals surface area (Å²) in [6.07, 6.45) is 6.77. The summed E-state index contributed by atoms with van der Waals surface area (Å²) in [5.41, 5.74) is 6.69. The van der Waals surface area contributed by atoms with Crippen molar-refractivity contribution in [3.05, 3.63) is 116 Å². The van der Waals surface area contributed by atoms with Gasteiger partial charge in [-0.3, -0.25) is 14.6 Å². The van der Waals surface area contributed by atoms with Crippen molar-refractivity contribution >= 4 is 39.3 Å². The molecule has 3 heterocycles. The Balaban J connectivity index is 1.12. The number of aliphatic carboxylic acids is 1. The molecule has 60 heavy (non-hydrogen) atoms. The van der Waals surface area contributed by atoms with Crippen molar-refractivity contribution in [3.63, 3.8) is 0 Å². The number of carbonyl (C=O) groups is 2. The summed E-state index contributed by atoms with van der Waals surface area (Å²) in [4.78, 5) is 37.4. The molecule has 2 aliphatic rings. The predicted molar refractivity (Wildman–Crippen MR) is 229 cm³/mol. The molecule has 0 bridgehead atoms. The summed E-state index contributed by atoms with van der Waals surface area (Å²) in [6.45, 7) is 2.38. The molecule has 0 spiro atoms. The molecular weight excluding hydrogens is 850 g/mol. The number of aryl methyl sites for hydroxylation is 1. The number of fused-ring (bicyclic) bond motifs is 1. The van der Waals surface area contributed by atoms with E-state index in [4.69, 9.17) is 35.8 Å². The Morgan fingerprint density at radius 2 is 1.82 bits per heavy atom. The van der Waals surface area contributed by atoms with Gasteiger partial charge in [-0.1, -0.05) is 54.1 Å². The van der Waals surface area contributed by atoms with Gasteiger partial charge in [-0.15, -0.1) is 0 Å². The quantitative estimate of drug-likeness (QED) is 0.0811. The first-order chi connectivity index (χ1) is 29.0. The SMILES string of the molecule is COc1nc(-c2cccc(-c3cccc4c3CC[C@@H]4Oc3nc(OCc4cncc(C#N)c4)c(CC[C@@](C)(CO)C(=O)O)cc3Br)c2Cl)ccc1CNC[C@@H]1CCC(=O)C1. The first kappa shape index (κ1) is 42.7. The number of aromatic nitrogens is 3. The Labute approximate surface area is 362 Å². The van der Waals surface area contributed by atoms with Crippen LogP contribution < -0.4 is 19.5 Å². The molecular formula is C46H45BrClN5O7. The van der Waals surface area contributed by atoms with E-state index >= 15 is 0 Å². The second-order valence-electron chi connectivity index (χ2n) is 15.6. The van der Waals surface area contributed by atoms with E-state index < -0.39 is 18.0 Å². The first-order valence-corrected chi connectivity index (χ1v) is 21.0. The monoisotopic (exact) mass is 893 g/mol. The van der Waals surface area contributed by atoms with E-state index in [9.17, 15) is 25.1 Å². The molecule has 0 saturated heterocycles. The zero-order chi connectivity index (χ0) is 42.4. The number of nitrogens with one attached hydrogen (secondary N) is 1. The molecule has 3 atom stereocenters. The van der Waals surface area contributed by atoms with E-state index in [-0.39, 0.29) is 31.4 Å². The first-order valence-electron chi connectivity index (χ1n) is 19.8. The number of pyridine rings is 3. The van der Waals surface area contributed by atoms with Crippen molar-refractivity contribution in [3.8, 4) is 46.1 Å². The number of rotatable bonds is 17. The van der Waals surface area contributed by atoms with Crippen LogP contribution in [0.5, 0.6) is 17.6 Å². The minimum absolute atomic E-state index is 0.0589. The van der Waals surface area contributed by atoms with Crippen molar-refractivity contribution in [2.75, 3.05) is 20.3 Å². The molecule has 310 valence electrons. The number of ether oxygens (including phenoxy) is 3. The van der Waals surface area contributed by atoms with Crippen LogP contribution in [-0.2, 0) is 35.6 Å². The number of nitrogens with zero attached hydrogens (tertiary/aromatic N) is 4. The summed E-state index contributed by atoms with van der Waals surface area (Å²) in [5, 5.41) is 33.1. The number of halogens is 2. The van der Waals surface area contributed by atoms with Crippen LogP contribution in [0.25, 0.3) is 22.4 Å². The number of aliphatic hydroxyl groups excluding tert-OH is 1. The third-order valence-corrected chi connectivity index (χ3v) is 12.3. The lowest BCUT2D eigenvalue weighted by atomic mass is 9.85. The van der Waals surface area contributed by atoms with Gasteiger partial charge < -0.3 is 29.7 Å². The highest BCUT2D eigenvalue weighted by Crippen LogP contribution is 2.45. The fourth-order valence-corrected chi connectivity index (χ4v) is 8.58. The van der Waals surface area contributed by atoms with Crippen LogP contribution in [0.15, 0.2) is 77.5 Å². The molecule has 1 fully saturated rings. The highest BCUT2D eigenvalue weighted by atomic mass is 79.9. The third kappa shape index (κ3) is 9.48. The maximum absolute atomic E-state index is 12.0. The van der Waals surface area contributed by atoms with Crippen LogP contribution in [0.2, 0.25) is 5.02 Å². The molecule has 5 aromatic rings. The van der Waals surface area contributed by atoms with E-state index in [0.29, 0.717) is 81.1 Å². The van der Waals surface area contributed by atoms with Crippen LogP contribution >= 0.6 is 27.5 Å². The van der Waals surface area contributed by atoms with E-state index in [0.717, 1.165) is 52.8 Å². The van der Waals surface area contributed by atoms with Gasteiger partial charge >= 0.3 is 5.97 Å². The number of benzene rings is 2. The number of ketones is 1. The number of nitriles is 1. The molecule has 3 aromatic heterocycles. The van der Waals surface area contributed by atoms with Gasteiger partial charge in [-0.2, -0.15) is 10.2 Å². The molecule has 3 N–H and O–H groups in total. The fraction of sp³-hybridized carbons (Fsp3) is 0.348. The standard InChI is InChI=1S/C46H45BrClN5O7/c1-46(26-54,45(56)57)16-15-30-19-38(47)44(53-43(30)59-25-29-17-28(20-49)22-50-23-29)60-40-14-12-34-33(5-3-6-35(34)40)36-7-4-8-37(41(36)48)39-13-10-31(42(52-39)58-2)24-51-21-27-9-11-32(55)18-27/h3-8,10,13,17,19,22-23,27,40,51,54H,9,11-12,14-16,18,21,24-26H2,1-2H3,(H,56,57)/t27-,40+,46+/m1/s1. The van der Waals surface area contributed by atoms with Gasteiger partial charge in [0, 0.05) is 59.6 Å². The van der Waals surface area contributed by atoms with Crippen LogP contribution in [0.3, 0.4) is 0 Å². The molecule has 12 nitrogen and oxygen atoms in total. The highest BCUT2D eigenvalue weighted by molar-refractivity contribution is 9.10. The molecule has 0 radical (unpaired) electrons. The normalized spacial score (nSPS) is 16.8. The van der Waals surface area contributed by atoms with Crippen molar-refractivity contribution in [2.45, 2.75) is 71.1 Å². The van der Waals surface area contributed by atoms with E-state index in [1.54, 1.807) is 19.4 Å². The Morgan fingerprint density at radius 3 is 2.57 bits per heavy atom. The van der Waals surface area contributed by atoms with E-state index in [1.807, 2.05) is 42.5 Å². The number of hydrogen-bond acceptors (Lipinski definition) is 11. The zero-order valence-corrected chi connectivity index (χ0v) is 35.7. The van der Waals surface area contributed by atoms with Gasteiger partial charge in [-0.25, -0.2) is 4.98 Å². The molecule has 2 aliphatic carbocycles. The van der Waals surface area contributed by atoms with Crippen LogP contribution in [0.4, 0.5) is 0 Å². The Hall–Kier alpha value is -5.39. The Kier molecular flexibility index (Phi) is 13.5. The van der Waals surface area contributed by atoms with Gasteiger partial charge in [0.25, 0.3) is 0 Å².